The van der Waals surface area contributed by atoms with E-state index in [2.05, 4.69) is 16.0 Å². The van der Waals surface area contributed by atoms with Crippen LogP contribution >= 0.6 is 0 Å². The maximum atomic E-state index is 14.3. The van der Waals surface area contributed by atoms with E-state index in [0.29, 0.717) is 25.8 Å². The minimum Gasteiger partial charge on any atom is -0.343 e. The molecule has 2 fully saturated rings. The summed E-state index contributed by atoms with van der Waals surface area (Å²) in [6.45, 7) is 1.98. The van der Waals surface area contributed by atoms with Gasteiger partial charge in [-0.15, -0.1) is 0 Å². The molecule has 0 aromatic heterocycles. The standard InChI is InChI=1S/C34H39N5O4/c1-23(35-2)32(41)37-31-34(43)39-27(20-21-38(31)29(40)22-24-12-6-3-7-13-24)18-19-28(39)33(42)36-30(25-14-8-4-9-15-25)26-16-10-5-11-17-26/h3-17,23,27-28,30-31,35H,18-22H2,1-2H3,(H,36,42)(H,37,41)/t23-,27+,28-,31-/m0/s1. The molecule has 224 valence electrons. The van der Waals surface area contributed by atoms with E-state index in [1.807, 2.05) is 91.0 Å². The van der Waals surface area contributed by atoms with Gasteiger partial charge < -0.3 is 25.8 Å². The molecule has 0 aliphatic carbocycles. The Bertz CT molecular complexity index is 1380. The van der Waals surface area contributed by atoms with Crippen LogP contribution in [-0.4, -0.2) is 71.3 Å². The summed E-state index contributed by atoms with van der Waals surface area (Å²) in [7, 11) is 1.66. The monoisotopic (exact) mass is 581 g/mol. The third-order valence-corrected chi connectivity index (χ3v) is 8.48. The van der Waals surface area contributed by atoms with Crippen LogP contribution in [0.4, 0.5) is 0 Å². The van der Waals surface area contributed by atoms with Gasteiger partial charge in [-0.3, -0.25) is 19.2 Å². The van der Waals surface area contributed by atoms with Crippen molar-refractivity contribution >= 4 is 23.6 Å². The number of amides is 4. The van der Waals surface area contributed by atoms with Gasteiger partial charge in [-0.25, -0.2) is 0 Å². The molecule has 4 amide bonds. The lowest BCUT2D eigenvalue weighted by atomic mass is 9.98. The molecule has 9 nitrogen and oxygen atoms in total. The lowest BCUT2D eigenvalue weighted by Gasteiger charge is -2.34. The molecule has 0 unspecified atom stereocenters. The maximum Gasteiger partial charge on any atom is 0.267 e. The highest BCUT2D eigenvalue weighted by Crippen LogP contribution is 2.32. The molecule has 0 radical (unpaired) electrons. The molecule has 5 rings (SSSR count). The highest BCUT2D eigenvalue weighted by molar-refractivity contribution is 5.96. The zero-order valence-corrected chi connectivity index (χ0v) is 24.6. The second kappa shape index (κ2) is 13.6. The van der Waals surface area contributed by atoms with E-state index in [0.717, 1.165) is 16.7 Å². The predicted molar refractivity (Wildman–Crippen MR) is 163 cm³/mol. The summed E-state index contributed by atoms with van der Waals surface area (Å²) in [6.07, 6.45) is 0.554. The van der Waals surface area contributed by atoms with E-state index in [-0.39, 0.29) is 24.3 Å². The first-order valence-corrected chi connectivity index (χ1v) is 14.9. The molecular formula is C34H39N5O4. The summed E-state index contributed by atoms with van der Waals surface area (Å²) >= 11 is 0. The van der Waals surface area contributed by atoms with Crippen LogP contribution in [0.5, 0.6) is 0 Å². The number of benzene rings is 3. The number of hydrogen-bond acceptors (Lipinski definition) is 5. The van der Waals surface area contributed by atoms with Crippen molar-refractivity contribution in [3.8, 4) is 0 Å². The highest BCUT2D eigenvalue weighted by atomic mass is 16.2. The second-order valence-electron chi connectivity index (χ2n) is 11.2. The zero-order valence-electron chi connectivity index (χ0n) is 24.6. The van der Waals surface area contributed by atoms with Crippen LogP contribution < -0.4 is 16.0 Å². The summed E-state index contributed by atoms with van der Waals surface area (Å²) in [6, 6.07) is 26.9. The van der Waals surface area contributed by atoms with Crippen molar-refractivity contribution < 1.29 is 19.2 Å². The first-order valence-electron chi connectivity index (χ1n) is 14.9. The van der Waals surface area contributed by atoms with Crippen LogP contribution in [0.25, 0.3) is 0 Å². The van der Waals surface area contributed by atoms with Gasteiger partial charge in [0.25, 0.3) is 5.91 Å². The van der Waals surface area contributed by atoms with Gasteiger partial charge in [0, 0.05) is 12.6 Å². The molecule has 2 aliphatic heterocycles. The number of rotatable bonds is 9. The van der Waals surface area contributed by atoms with E-state index < -0.39 is 36.1 Å². The van der Waals surface area contributed by atoms with Gasteiger partial charge in [-0.05, 0) is 49.9 Å². The molecule has 9 heteroatoms. The molecule has 0 spiro atoms. The van der Waals surface area contributed by atoms with Crippen LogP contribution in [0, 0.1) is 0 Å². The van der Waals surface area contributed by atoms with E-state index >= 15 is 0 Å². The van der Waals surface area contributed by atoms with Gasteiger partial charge in [0.15, 0.2) is 6.17 Å². The third-order valence-electron chi connectivity index (χ3n) is 8.48. The van der Waals surface area contributed by atoms with Gasteiger partial charge in [0.2, 0.25) is 17.7 Å². The Morgan fingerprint density at radius 1 is 0.837 bits per heavy atom. The summed E-state index contributed by atoms with van der Waals surface area (Å²) in [5.41, 5.74) is 2.69. The molecule has 2 saturated heterocycles. The van der Waals surface area contributed by atoms with Crippen LogP contribution in [0.1, 0.15) is 48.9 Å². The number of likely N-dealkylation sites (N-methyl/N-ethyl adjacent to an activating group) is 1. The fourth-order valence-electron chi connectivity index (χ4n) is 6.01. The minimum atomic E-state index is -1.21. The number of carbonyl (C=O) groups excluding carboxylic acids is 4. The van der Waals surface area contributed by atoms with Gasteiger partial charge >= 0.3 is 0 Å². The average molecular weight is 582 g/mol. The lowest BCUT2D eigenvalue weighted by molar-refractivity contribution is -0.150. The Hall–Kier alpha value is -4.50. The smallest absolute Gasteiger partial charge is 0.267 e. The fraction of sp³-hybridized carbons (Fsp3) is 0.353. The van der Waals surface area contributed by atoms with E-state index in [1.54, 1.807) is 18.9 Å². The topological polar surface area (TPSA) is 111 Å². The molecule has 0 saturated carbocycles. The maximum absolute atomic E-state index is 14.3. The van der Waals surface area contributed by atoms with Gasteiger partial charge in [-0.1, -0.05) is 91.0 Å². The Balaban J connectivity index is 1.41. The Morgan fingerprint density at radius 3 is 2.00 bits per heavy atom. The lowest BCUT2D eigenvalue weighted by Crippen LogP contribution is -2.62. The second-order valence-corrected chi connectivity index (χ2v) is 11.2. The Kier molecular flexibility index (Phi) is 9.51. The van der Waals surface area contributed by atoms with Gasteiger partial charge in [-0.2, -0.15) is 0 Å². The number of fused-ring (bicyclic) bond motifs is 1. The quantitative estimate of drug-likeness (QED) is 0.360. The number of hydrogen-bond donors (Lipinski definition) is 3. The van der Waals surface area contributed by atoms with Crippen molar-refractivity contribution in [2.45, 2.75) is 62.9 Å². The normalized spacial score (nSPS) is 20.7. The van der Waals surface area contributed by atoms with Crippen molar-refractivity contribution in [2.75, 3.05) is 13.6 Å². The van der Waals surface area contributed by atoms with Crippen LogP contribution in [0.3, 0.4) is 0 Å². The van der Waals surface area contributed by atoms with Crippen molar-refractivity contribution in [3.63, 3.8) is 0 Å². The fourth-order valence-corrected chi connectivity index (χ4v) is 6.01. The summed E-state index contributed by atoms with van der Waals surface area (Å²) in [4.78, 5) is 58.0. The van der Waals surface area contributed by atoms with Crippen molar-refractivity contribution in [3.05, 3.63) is 108 Å². The number of nitrogens with zero attached hydrogens (tertiary/aromatic N) is 2. The van der Waals surface area contributed by atoms with Gasteiger partial charge in [0.1, 0.15) is 6.04 Å². The van der Waals surface area contributed by atoms with Crippen molar-refractivity contribution in [1.82, 2.24) is 25.8 Å². The number of carbonyl (C=O) groups is 4. The van der Waals surface area contributed by atoms with Crippen LogP contribution in [-0.2, 0) is 25.6 Å². The Morgan fingerprint density at radius 2 is 1.42 bits per heavy atom. The SMILES string of the molecule is CN[C@@H](C)C(=O)N[C@@H]1C(=O)N2[C@H](CC[C@H]2C(=O)NC(c2ccccc2)c2ccccc2)CCN1C(=O)Cc1ccccc1. The molecule has 2 heterocycles. The van der Waals surface area contributed by atoms with Crippen molar-refractivity contribution in [2.24, 2.45) is 0 Å². The van der Waals surface area contributed by atoms with Crippen LogP contribution in [0.2, 0.25) is 0 Å². The third kappa shape index (κ3) is 6.78. The van der Waals surface area contributed by atoms with E-state index in [1.165, 1.54) is 4.90 Å². The molecular weight excluding hydrogens is 542 g/mol. The molecule has 3 N–H and O–H groups in total. The molecule has 3 aromatic rings. The largest absolute Gasteiger partial charge is 0.343 e. The molecule has 43 heavy (non-hydrogen) atoms. The van der Waals surface area contributed by atoms with E-state index in [4.69, 9.17) is 0 Å². The summed E-state index contributed by atoms with van der Waals surface area (Å²) < 4.78 is 0. The zero-order chi connectivity index (χ0) is 30.3. The minimum absolute atomic E-state index is 0.104. The molecule has 2 aliphatic rings. The summed E-state index contributed by atoms with van der Waals surface area (Å²) in [5, 5.41) is 8.92. The van der Waals surface area contributed by atoms with Crippen molar-refractivity contribution in [1.29, 1.82) is 0 Å². The summed E-state index contributed by atoms with van der Waals surface area (Å²) in [5.74, 6) is -1.34. The first-order chi connectivity index (χ1) is 20.9. The molecule has 3 aromatic carbocycles. The first kappa shape index (κ1) is 30.0. The van der Waals surface area contributed by atoms with Crippen LogP contribution in [0.15, 0.2) is 91.0 Å². The highest BCUT2D eigenvalue weighted by Gasteiger charge is 2.48. The molecule has 4 atom stereocenters. The van der Waals surface area contributed by atoms with E-state index in [9.17, 15) is 19.2 Å². The molecule has 0 bridgehead atoms. The Labute approximate surface area is 252 Å². The number of nitrogens with one attached hydrogen (secondary N) is 3. The predicted octanol–water partition coefficient (Wildman–Crippen LogP) is 2.78. The average Bonchev–Trinajstić information content (AvgIpc) is 3.42. The van der Waals surface area contributed by atoms with Gasteiger partial charge in [0.05, 0.1) is 18.5 Å².